The molecule has 73 heavy (non-hydrogen) atoms. The number of rotatable bonds is 11. The number of benzene rings is 9. The van der Waals surface area contributed by atoms with E-state index in [0.29, 0.717) is 6.67 Å². The molecule has 12 rings (SSSR count). The van der Waals surface area contributed by atoms with Gasteiger partial charge >= 0.3 is 0 Å². The lowest BCUT2D eigenvalue weighted by Crippen LogP contribution is -2.35. The third-order valence-corrected chi connectivity index (χ3v) is 15.4. The predicted octanol–water partition coefficient (Wildman–Crippen LogP) is 17.2. The first kappa shape index (κ1) is 45.5. The summed E-state index contributed by atoms with van der Waals surface area (Å²) in [5.41, 5.74) is 14.1. The van der Waals surface area contributed by atoms with Crippen molar-refractivity contribution in [2.45, 2.75) is 50.9 Å². The van der Waals surface area contributed by atoms with Gasteiger partial charge in [0.15, 0.2) is 0 Å². The quantitative estimate of drug-likeness (QED) is 0.121. The zero-order valence-corrected chi connectivity index (χ0v) is 42.1. The molecule has 5 heteroatoms. The third-order valence-electron chi connectivity index (χ3n) is 15.4. The second-order valence-corrected chi connectivity index (χ2v) is 20.7. The van der Waals surface area contributed by atoms with Gasteiger partial charge in [-0.25, -0.2) is 4.98 Å². The van der Waals surface area contributed by atoms with Gasteiger partial charge in [-0.05, 0) is 113 Å². The minimum atomic E-state index is -0.545. The fraction of sp³-hybridized carbons (Fsp3) is 0.132. The maximum atomic E-state index is 6.90. The van der Waals surface area contributed by atoms with Gasteiger partial charge in [-0.15, -0.1) is 0 Å². The standard InChI is InChI=1S/C68H58N4O/c1-66(2,3)52-42-43-69-64(44-52)72-60-37-19-18-34-56(60)57-41-40-55(46-63(57)72)73-54-33-22-32-53(45-54)70-47-71(62-39-21-20-38-61(62)70)65-58(67(4,48-24-10-6-11-25-48)49-26-12-7-13-27-49)35-23-36-59(65)68(5,50-28-14-8-15-29-50)51-30-16-9-17-31-51/h6-46H,47H2,1-5H3. The number of ether oxygens (including phenoxy) is 1. The molecule has 0 N–H and O–H groups in total. The highest BCUT2D eigenvalue weighted by Crippen LogP contribution is 2.55. The van der Waals surface area contributed by atoms with E-state index in [1.165, 1.54) is 50.0 Å². The van der Waals surface area contributed by atoms with E-state index in [1.54, 1.807) is 0 Å². The number of hydrogen-bond acceptors (Lipinski definition) is 4. The predicted molar refractivity (Wildman–Crippen MR) is 303 cm³/mol. The molecular formula is C68H58N4O. The van der Waals surface area contributed by atoms with Crippen molar-refractivity contribution < 1.29 is 4.74 Å². The smallest absolute Gasteiger partial charge is 0.137 e. The van der Waals surface area contributed by atoms with Crippen LogP contribution in [0.4, 0.5) is 22.7 Å². The molecule has 0 unspecified atom stereocenters. The number of nitrogens with zero attached hydrogens (tertiary/aromatic N) is 4. The average molecular weight is 947 g/mol. The Morgan fingerprint density at radius 3 is 1.47 bits per heavy atom. The lowest BCUT2D eigenvalue weighted by Gasteiger charge is -2.41. The van der Waals surface area contributed by atoms with E-state index < -0.39 is 10.8 Å². The lowest BCUT2D eigenvalue weighted by atomic mass is 9.65. The zero-order chi connectivity index (χ0) is 49.7. The summed E-state index contributed by atoms with van der Waals surface area (Å²) >= 11 is 0. The van der Waals surface area contributed by atoms with Crippen molar-refractivity contribution in [3.05, 3.63) is 288 Å². The molecule has 0 amide bonds. The number of hydrogen-bond donors (Lipinski definition) is 0. The van der Waals surface area contributed by atoms with E-state index >= 15 is 0 Å². The Morgan fingerprint density at radius 1 is 0.397 bits per heavy atom. The molecule has 356 valence electrons. The van der Waals surface area contributed by atoms with Crippen LogP contribution in [0.2, 0.25) is 0 Å². The summed E-state index contributed by atoms with van der Waals surface area (Å²) in [5, 5.41) is 2.33. The van der Waals surface area contributed by atoms with Gasteiger partial charge in [0.1, 0.15) is 24.0 Å². The van der Waals surface area contributed by atoms with E-state index in [1.807, 2.05) is 6.20 Å². The average Bonchev–Trinajstić information content (AvgIpc) is 3.99. The maximum Gasteiger partial charge on any atom is 0.137 e. The highest BCUT2D eigenvalue weighted by atomic mass is 16.5. The molecular weight excluding hydrogens is 889 g/mol. The normalized spacial score (nSPS) is 12.9. The molecule has 11 aromatic rings. The second-order valence-electron chi connectivity index (χ2n) is 20.7. The number of aromatic nitrogens is 2. The fourth-order valence-electron chi connectivity index (χ4n) is 11.4. The Morgan fingerprint density at radius 2 is 0.890 bits per heavy atom. The van der Waals surface area contributed by atoms with Gasteiger partial charge in [-0.3, -0.25) is 4.57 Å². The van der Waals surface area contributed by atoms with Gasteiger partial charge in [-0.2, -0.15) is 0 Å². The third kappa shape index (κ3) is 7.84. The van der Waals surface area contributed by atoms with Gasteiger partial charge in [0.05, 0.1) is 28.1 Å². The Kier molecular flexibility index (Phi) is 11.3. The first-order valence-electron chi connectivity index (χ1n) is 25.4. The van der Waals surface area contributed by atoms with Crippen molar-refractivity contribution in [3.63, 3.8) is 0 Å². The van der Waals surface area contributed by atoms with Crippen LogP contribution < -0.4 is 14.5 Å². The fourth-order valence-corrected chi connectivity index (χ4v) is 11.4. The topological polar surface area (TPSA) is 33.5 Å². The molecule has 0 bridgehead atoms. The molecule has 1 aliphatic rings. The minimum absolute atomic E-state index is 0.0237. The molecule has 3 heterocycles. The minimum Gasteiger partial charge on any atom is -0.457 e. The lowest BCUT2D eigenvalue weighted by molar-refractivity contribution is 0.483. The molecule has 0 spiro atoms. The van der Waals surface area contributed by atoms with Crippen LogP contribution in [0, 0.1) is 0 Å². The summed E-state index contributed by atoms with van der Waals surface area (Å²) in [6.45, 7) is 12.1. The molecule has 0 atom stereocenters. The first-order chi connectivity index (χ1) is 35.6. The van der Waals surface area contributed by atoms with E-state index in [0.717, 1.165) is 50.8 Å². The van der Waals surface area contributed by atoms with Crippen molar-refractivity contribution >= 4 is 44.6 Å². The van der Waals surface area contributed by atoms with Gasteiger partial charge in [0.2, 0.25) is 0 Å². The largest absolute Gasteiger partial charge is 0.457 e. The molecule has 2 aromatic heterocycles. The van der Waals surface area contributed by atoms with Crippen molar-refractivity contribution in [1.82, 2.24) is 9.55 Å². The maximum absolute atomic E-state index is 6.90. The number of para-hydroxylation sites is 4. The van der Waals surface area contributed by atoms with E-state index in [4.69, 9.17) is 9.72 Å². The summed E-state index contributed by atoms with van der Waals surface area (Å²) in [7, 11) is 0. The van der Waals surface area contributed by atoms with E-state index in [-0.39, 0.29) is 5.41 Å². The molecule has 0 fully saturated rings. The highest BCUT2D eigenvalue weighted by molar-refractivity contribution is 6.09. The Bertz CT molecular complexity index is 3580. The van der Waals surface area contributed by atoms with Crippen LogP contribution in [0.1, 0.15) is 73.6 Å². The molecule has 1 aliphatic heterocycles. The van der Waals surface area contributed by atoms with Crippen LogP contribution >= 0.6 is 0 Å². The van der Waals surface area contributed by atoms with Crippen molar-refractivity contribution in [2.75, 3.05) is 16.5 Å². The molecule has 5 nitrogen and oxygen atoms in total. The molecule has 0 radical (unpaired) electrons. The van der Waals surface area contributed by atoms with Crippen molar-refractivity contribution in [3.8, 4) is 17.3 Å². The zero-order valence-electron chi connectivity index (χ0n) is 42.1. The van der Waals surface area contributed by atoms with Crippen molar-refractivity contribution in [2.24, 2.45) is 0 Å². The van der Waals surface area contributed by atoms with Gasteiger partial charge in [0, 0.05) is 45.6 Å². The summed E-state index contributed by atoms with van der Waals surface area (Å²) in [6.07, 6.45) is 1.93. The highest BCUT2D eigenvalue weighted by Gasteiger charge is 2.43. The molecule has 9 aromatic carbocycles. The Hall–Kier alpha value is -8.67. The summed E-state index contributed by atoms with van der Waals surface area (Å²) < 4.78 is 9.17. The Balaban J connectivity index is 0.999. The second kappa shape index (κ2) is 18.2. The summed E-state index contributed by atoms with van der Waals surface area (Å²) in [5.74, 6) is 2.40. The van der Waals surface area contributed by atoms with Crippen LogP contribution in [-0.2, 0) is 16.2 Å². The molecule has 0 saturated heterocycles. The molecule has 0 aliphatic carbocycles. The van der Waals surface area contributed by atoms with Gasteiger partial charge < -0.3 is 14.5 Å². The monoisotopic (exact) mass is 946 g/mol. The van der Waals surface area contributed by atoms with Crippen LogP contribution in [-0.4, -0.2) is 16.2 Å². The van der Waals surface area contributed by atoms with Crippen LogP contribution in [0.5, 0.6) is 11.5 Å². The SMILES string of the molecule is CC(C)(C)c1ccnc(-n2c3ccccc3c3ccc(Oc4cccc(N5CN(c6c(C(C)(c7ccccc7)c7ccccc7)cccc6C(C)(c6ccccc6)c6ccccc6)c6ccccc65)c4)cc32)c1. The summed E-state index contributed by atoms with van der Waals surface area (Å²) in [6, 6.07) is 87.8. The van der Waals surface area contributed by atoms with Crippen LogP contribution in [0.3, 0.4) is 0 Å². The van der Waals surface area contributed by atoms with Gasteiger partial charge in [0.25, 0.3) is 0 Å². The van der Waals surface area contributed by atoms with E-state index in [2.05, 4.69) is 292 Å². The van der Waals surface area contributed by atoms with Gasteiger partial charge in [-0.1, -0.05) is 197 Å². The van der Waals surface area contributed by atoms with Crippen molar-refractivity contribution in [1.29, 1.82) is 0 Å². The van der Waals surface area contributed by atoms with Crippen LogP contribution in [0.15, 0.2) is 249 Å². The first-order valence-corrected chi connectivity index (χ1v) is 25.4. The van der Waals surface area contributed by atoms with Crippen LogP contribution in [0.25, 0.3) is 27.6 Å². The Labute approximate surface area is 429 Å². The number of pyridine rings is 1. The van der Waals surface area contributed by atoms with E-state index in [9.17, 15) is 0 Å². The number of anilines is 4. The molecule has 0 saturated carbocycles. The number of fused-ring (bicyclic) bond motifs is 4. The summed E-state index contributed by atoms with van der Waals surface area (Å²) in [4.78, 5) is 9.92.